The van der Waals surface area contributed by atoms with Gasteiger partial charge in [-0.25, -0.2) is 9.67 Å². The van der Waals surface area contributed by atoms with Crippen LogP contribution in [0.25, 0.3) is 0 Å². The second kappa shape index (κ2) is 3.27. The van der Waals surface area contributed by atoms with Crippen LogP contribution >= 0.6 is 0 Å². The van der Waals surface area contributed by atoms with Gasteiger partial charge < -0.3 is 0 Å². The lowest BCUT2D eigenvalue weighted by molar-refractivity contribution is 0.0896. The van der Waals surface area contributed by atoms with E-state index in [0.29, 0.717) is 0 Å². The number of rotatable bonds is 3. The molecular weight excluding hydrogens is 202 g/mol. The fourth-order valence-electron chi connectivity index (χ4n) is 1.97. The molecule has 1 aliphatic rings. The van der Waals surface area contributed by atoms with Gasteiger partial charge in [0.25, 0.3) is 0 Å². The van der Waals surface area contributed by atoms with Gasteiger partial charge in [0.2, 0.25) is 0 Å². The summed E-state index contributed by atoms with van der Waals surface area (Å²) >= 11 is 0. The van der Waals surface area contributed by atoms with E-state index in [1.807, 2.05) is 30.3 Å². The summed E-state index contributed by atoms with van der Waals surface area (Å²) in [5.74, 6) is 0.138. The minimum atomic E-state index is -0.460. The van der Waals surface area contributed by atoms with Crippen LogP contribution in [0.15, 0.2) is 43.0 Å². The van der Waals surface area contributed by atoms with E-state index < -0.39 is 5.54 Å². The number of Topliss-reactive ketones (excluding diaryl/α,β-unsaturated/α-hetero) is 1. The Morgan fingerprint density at radius 2 is 2.00 bits per heavy atom. The summed E-state index contributed by atoms with van der Waals surface area (Å²) in [7, 11) is 0. The van der Waals surface area contributed by atoms with Crippen LogP contribution < -0.4 is 0 Å². The van der Waals surface area contributed by atoms with Gasteiger partial charge in [-0.1, -0.05) is 30.3 Å². The van der Waals surface area contributed by atoms with E-state index in [4.69, 9.17) is 0 Å². The highest BCUT2D eigenvalue weighted by Crippen LogP contribution is 2.45. The zero-order chi connectivity index (χ0) is 11.0. The molecule has 0 saturated heterocycles. The summed E-state index contributed by atoms with van der Waals surface area (Å²) in [6.07, 6.45) is 4.79. The molecule has 0 spiro atoms. The van der Waals surface area contributed by atoms with Gasteiger partial charge in [-0.15, -0.1) is 0 Å². The summed E-state index contributed by atoms with van der Waals surface area (Å²) in [4.78, 5) is 16.2. The van der Waals surface area contributed by atoms with Crippen molar-refractivity contribution in [2.75, 3.05) is 0 Å². The van der Waals surface area contributed by atoms with Crippen molar-refractivity contribution in [1.29, 1.82) is 0 Å². The van der Waals surface area contributed by atoms with Crippen LogP contribution in [0, 0.1) is 0 Å². The molecule has 0 aliphatic heterocycles. The van der Waals surface area contributed by atoms with Crippen molar-refractivity contribution >= 4 is 5.78 Å². The third-order valence-electron chi connectivity index (χ3n) is 3.04. The predicted octanol–water partition coefficient (Wildman–Crippen LogP) is 1.65. The van der Waals surface area contributed by atoms with E-state index in [9.17, 15) is 4.79 Å². The first-order valence-electron chi connectivity index (χ1n) is 5.28. The van der Waals surface area contributed by atoms with Crippen molar-refractivity contribution < 1.29 is 4.79 Å². The molecule has 0 bridgehead atoms. The van der Waals surface area contributed by atoms with Gasteiger partial charge in [0.15, 0.2) is 5.78 Å². The minimum absolute atomic E-state index is 0.138. The van der Waals surface area contributed by atoms with Crippen LogP contribution in [0.1, 0.15) is 23.2 Å². The second-order valence-corrected chi connectivity index (χ2v) is 4.07. The molecule has 4 heteroatoms. The second-order valence-electron chi connectivity index (χ2n) is 4.07. The van der Waals surface area contributed by atoms with Gasteiger partial charge in [-0.3, -0.25) is 4.79 Å². The molecule has 16 heavy (non-hydrogen) atoms. The van der Waals surface area contributed by atoms with Gasteiger partial charge in [-0.05, 0) is 12.8 Å². The number of benzene rings is 1. The monoisotopic (exact) mass is 213 g/mol. The molecule has 4 nitrogen and oxygen atoms in total. The number of hydrogen-bond acceptors (Lipinski definition) is 3. The van der Waals surface area contributed by atoms with Gasteiger partial charge >= 0.3 is 0 Å². The zero-order valence-corrected chi connectivity index (χ0v) is 8.71. The van der Waals surface area contributed by atoms with Crippen molar-refractivity contribution in [1.82, 2.24) is 14.8 Å². The van der Waals surface area contributed by atoms with E-state index in [1.54, 1.807) is 11.0 Å². The van der Waals surface area contributed by atoms with Crippen molar-refractivity contribution in [3.8, 4) is 0 Å². The molecule has 1 heterocycles. The van der Waals surface area contributed by atoms with Crippen LogP contribution in [-0.4, -0.2) is 20.5 Å². The standard InChI is InChI=1S/C12H11N3O/c16-11(10-4-2-1-3-5-10)12(6-7-12)15-9-13-8-14-15/h1-5,8-9H,6-7H2. The van der Waals surface area contributed by atoms with Crippen LogP contribution in [0.3, 0.4) is 0 Å². The summed E-state index contributed by atoms with van der Waals surface area (Å²) in [6.45, 7) is 0. The Hall–Kier alpha value is -1.97. The van der Waals surface area contributed by atoms with Gasteiger partial charge in [-0.2, -0.15) is 5.10 Å². The molecule has 1 fully saturated rings. The van der Waals surface area contributed by atoms with E-state index in [0.717, 1.165) is 18.4 Å². The van der Waals surface area contributed by atoms with Gasteiger partial charge in [0.05, 0.1) is 0 Å². The highest BCUT2D eigenvalue weighted by atomic mass is 16.1. The lowest BCUT2D eigenvalue weighted by Gasteiger charge is -2.13. The lowest BCUT2D eigenvalue weighted by Crippen LogP contribution is -2.28. The number of nitrogens with zero attached hydrogens (tertiary/aromatic N) is 3. The number of ketones is 1. The van der Waals surface area contributed by atoms with Crippen LogP contribution in [0.5, 0.6) is 0 Å². The smallest absolute Gasteiger partial charge is 0.190 e. The summed E-state index contributed by atoms with van der Waals surface area (Å²) in [5.41, 5.74) is 0.285. The maximum Gasteiger partial charge on any atom is 0.190 e. The third-order valence-corrected chi connectivity index (χ3v) is 3.04. The Kier molecular flexibility index (Phi) is 1.89. The average molecular weight is 213 g/mol. The SMILES string of the molecule is O=C(c1ccccc1)C1(n2cncn2)CC1. The first-order valence-corrected chi connectivity index (χ1v) is 5.28. The van der Waals surface area contributed by atoms with Gasteiger partial charge in [0, 0.05) is 5.56 Å². The first kappa shape index (κ1) is 9.27. The van der Waals surface area contributed by atoms with Gasteiger partial charge in [0.1, 0.15) is 18.2 Å². The Bertz CT molecular complexity index is 500. The Labute approximate surface area is 92.9 Å². The molecule has 0 amide bonds. The zero-order valence-electron chi connectivity index (χ0n) is 8.71. The topological polar surface area (TPSA) is 47.8 Å². The highest BCUT2D eigenvalue weighted by Gasteiger charge is 2.52. The van der Waals surface area contributed by atoms with Crippen molar-refractivity contribution in [2.24, 2.45) is 0 Å². The molecule has 1 saturated carbocycles. The van der Waals surface area contributed by atoms with Crippen LogP contribution in [-0.2, 0) is 5.54 Å². The van der Waals surface area contributed by atoms with Crippen molar-refractivity contribution in [3.05, 3.63) is 48.5 Å². The van der Waals surface area contributed by atoms with Crippen molar-refractivity contribution in [2.45, 2.75) is 18.4 Å². The van der Waals surface area contributed by atoms with Crippen LogP contribution in [0.2, 0.25) is 0 Å². The molecule has 2 aromatic rings. The largest absolute Gasteiger partial charge is 0.291 e. The average Bonchev–Trinajstić information content (AvgIpc) is 2.97. The number of carbonyl (C=O) groups is 1. The van der Waals surface area contributed by atoms with E-state index in [-0.39, 0.29) is 5.78 Å². The summed E-state index contributed by atoms with van der Waals surface area (Å²) < 4.78 is 1.68. The fraction of sp³-hybridized carbons (Fsp3) is 0.250. The maximum absolute atomic E-state index is 12.3. The minimum Gasteiger partial charge on any atom is -0.291 e. The molecule has 0 atom stereocenters. The summed E-state index contributed by atoms with van der Waals surface area (Å²) in [5, 5.41) is 4.08. The van der Waals surface area contributed by atoms with Crippen molar-refractivity contribution in [3.63, 3.8) is 0 Å². The molecule has 0 unspecified atom stereocenters. The predicted molar refractivity (Wildman–Crippen MR) is 58.0 cm³/mol. The molecule has 0 radical (unpaired) electrons. The molecule has 80 valence electrons. The first-order chi connectivity index (χ1) is 7.83. The Balaban J connectivity index is 1.97. The number of hydrogen-bond donors (Lipinski definition) is 0. The molecule has 1 aliphatic carbocycles. The molecule has 1 aromatic heterocycles. The Morgan fingerprint density at radius 3 is 2.56 bits per heavy atom. The summed E-state index contributed by atoms with van der Waals surface area (Å²) in [6, 6.07) is 9.36. The Morgan fingerprint density at radius 1 is 1.25 bits per heavy atom. The lowest BCUT2D eigenvalue weighted by atomic mass is 10.0. The van der Waals surface area contributed by atoms with Crippen LogP contribution in [0.4, 0.5) is 0 Å². The molecular formula is C12H11N3O. The normalized spacial score (nSPS) is 17.0. The number of aromatic nitrogens is 3. The molecule has 1 aromatic carbocycles. The fourth-order valence-corrected chi connectivity index (χ4v) is 1.97. The number of carbonyl (C=O) groups excluding carboxylic acids is 1. The maximum atomic E-state index is 12.3. The quantitative estimate of drug-likeness (QED) is 0.728. The highest BCUT2D eigenvalue weighted by molar-refractivity contribution is 6.03. The molecule has 0 N–H and O–H groups in total. The van der Waals surface area contributed by atoms with E-state index in [1.165, 1.54) is 6.33 Å². The third kappa shape index (κ3) is 1.26. The molecule has 3 rings (SSSR count). The van der Waals surface area contributed by atoms with E-state index in [2.05, 4.69) is 10.1 Å². The van der Waals surface area contributed by atoms with E-state index >= 15 is 0 Å².